The first-order valence-corrected chi connectivity index (χ1v) is 26.2. The number of carbonyl (C=O) groups is 8. The highest BCUT2D eigenvalue weighted by molar-refractivity contribution is 6.30. The SMILES string of the molecule is CC(C)C[C@H]1C(=O)O[C@H](Cc2ccc(Cn3cc(Cl)cn3)cc2)C(=O)N(C)[C@@H](CC(C)C)C(=O)O[C@H](C)C(=O)N(C)[C@@H](CC(C)C)C(=O)O[C@H](Cc2ccccc2)C(=O)N(C)[C@@H](CC(C)C)C(=O)O[C@H](C)C(=O)N1C. The summed E-state index contributed by atoms with van der Waals surface area (Å²) in [7, 11) is 5.54. The predicted molar refractivity (Wildman–Crippen MR) is 282 cm³/mol. The highest BCUT2D eigenvalue weighted by Gasteiger charge is 2.43. The average Bonchev–Trinajstić information content (AvgIpc) is 3.77. The topological polar surface area (TPSA) is 204 Å². The van der Waals surface area contributed by atoms with Crippen LogP contribution < -0.4 is 0 Å². The number of rotatable bonds is 14. The number of aromatic nitrogens is 2. The Bertz CT molecular complexity index is 2410. The van der Waals surface area contributed by atoms with Gasteiger partial charge in [0.25, 0.3) is 23.6 Å². The van der Waals surface area contributed by atoms with Gasteiger partial charge in [0.05, 0.1) is 17.8 Å². The molecule has 0 saturated carbocycles. The fourth-order valence-corrected chi connectivity index (χ4v) is 9.07. The summed E-state index contributed by atoms with van der Waals surface area (Å²) in [5.41, 5.74) is 2.10. The summed E-state index contributed by atoms with van der Waals surface area (Å²) in [6, 6.07) is 11.0. The van der Waals surface area contributed by atoms with Gasteiger partial charge in [-0.15, -0.1) is 0 Å². The number of hydrogen-bond acceptors (Lipinski definition) is 13. The first-order valence-electron chi connectivity index (χ1n) is 25.9. The van der Waals surface area contributed by atoms with Crippen LogP contribution in [-0.4, -0.2) is 154 Å². The number of amides is 4. The lowest BCUT2D eigenvalue weighted by atomic mass is 9.99. The van der Waals surface area contributed by atoms with Crippen molar-refractivity contribution >= 4 is 59.1 Å². The zero-order chi connectivity index (χ0) is 56.0. The Morgan fingerprint density at radius 1 is 0.467 bits per heavy atom. The van der Waals surface area contributed by atoms with E-state index in [-0.39, 0.29) is 62.2 Å². The van der Waals surface area contributed by atoms with E-state index in [0.29, 0.717) is 22.7 Å². The molecule has 0 bridgehead atoms. The van der Waals surface area contributed by atoms with Gasteiger partial charge in [-0.25, -0.2) is 19.2 Å². The summed E-state index contributed by atoms with van der Waals surface area (Å²) < 4.78 is 25.6. The van der Waals surface area contributed by atoms with E-state index in [4.69, 9.17) is 30.5 Å². The van der Waals surface area contributed by atoms with Crippen LogP contribution in [0.4, 0.5) is 0 Å². The van der Waals surface area contributed by atoms with Crippen molar-refractivity contribution in [2.45, 2.75) is 163 Å². The minimum absolute atomic E-state index is 0.0834. The lowest BCUT2D eigenvalue weighted by Crippen LogP contribution is -2.55. The quantitative estimate of drug-likeness (QED) is 0.124. The van der Waals surface area contributed by atoms with Crippen molar-refractivity contribution in [2.75, 3.05) is 28.2 Å². The molecule has 3 aromatic rings. The maximum Gasteiger partial charge on any atom is 0.329 e. The number of cyclic esters (lactones) is 4. The lowest BCUT2D eigenvalue weighted by molar-refractivity contribution is -0.176. The van der Waals surface area contributed by atoms with Crippen molar-refractivity contribution in [3.05, 3.63) is 88.7 Å². The molecule has 4 rings (SSSR count). The van der Waals surface area contributed by atoms with Gasteiger partial charge in [-0.3, -0.25) is 23.9 Å². The summed E-state index contributed by atoms with van der Waals surface area (Å²) >= 11 is 6.08. The second-order valence-electron chi connectivity index (χ2n) is 21.5. The Morgan fingerprint density at radius 3 is 1.12 bits per heavy atom. The Morgan fingerprint density at radius 2 is 0.787 bits per heavy atom. The molecule has 1 aliphatic rings. The van der Waals surface area contributed by atoms with Crippen LogP contribution in [0.15, 0.2) is 67.0 Å². The summed E-state index contributed by atoms with van der Waals surface area (Å²) in [6.45, 7) is 17.9. The first kappa shape index (κ1) is 61.2. The Hall–Kier alpha value is -6.30. The van der Waals surface area contributed by atoms with Crippen LogP contribution in [0.2, 0.25) is 5.02 Å². The van der Waals surface area contributed by atoms with Crippen molar-refractivity contribution in [1.29, 1.82) is 0 Å². The average molecular weight is 1060 g/mol. The maximum absolute atomic E-state index is 14.9. The second kappa shape index (κ2) is 28.0. The number of esters is 4. The summed E-state index contributed by atoms with van der Waals surface area (Å²) in [5.74, 6) is -7.36. The van der Waals surface area contributed by atoms with Crippen LogP contribution >= 0.6 is 11.6 Å². The number of likely N-dealkylation sites (N-methyl/N-ethyl adjacent to an activating group) is 4. The molecule has 0 unspecified atom stereocenters. The molecule has 2 aromatic carbocycles. The van der Waals surface area contributed by atoms with Crippen LogP contribution in [0.25, 0.3) is 0 Å². The molecule has 0 radical (unpaired) electrons. The van der Waals surface area contributed by atoms with Crippen LogP contribution in [0.3, 0.4) is 0 Å². The van der Waals surface area contributed by atoms with E-state index in [1.165, 1.54) is 48.2 Å². The van der Waals surface area contributed by atoms with Crippen molar-refractivity contribution in [1.82, 2.24) is 29.4 Å². The van der Waals surface area contributed by atoms with Crippen LogP contribution in [0.5, 0.6) is 0 Å². The number of halogens is 1. The molecule has 412 valence electrons. The predicted octanol–water partition coefficient (Wildman–Crippen LogP) is 6.56. The third kappa shape index (κ3) is 17.6. The normalized spacial score (nSPS) is 24.0. The van der Waals surface area contributed by atoms with Crippen molar-refractivity contribution in [2.24, 2.45) is 23.7 Å². The smallest absolute Gasteiger partial charge is 0.329 e. The Labute approximate surface area is 447 Å². The summed E-state index contributed by atoms with van der Waals surface area (Å²) in [4.78, 5) is 121. The van der Waals surface area contributed by atoms with Crippen molar-refractivity contribution in [3.8, 4) is 0 Å². The van der Waals surface area contributed by atoms with Gasteiger partial charge in [-0.1, -0.05) is 122 Å². The minimum atomic E-state index is -1.54. The highest BCUT2D eigenvalue weighted by atomic mass is 35.5. The van der Waals surface area contributed by atoms with Crippen molar-refractivity contribution in [3.63, 3.8) is 0 Å². The molecule has 0 aliphatic carbocycles. The number of nitrogens with zero attached hydrogens (tertiary/aromatic N) is 6. The zero-order valence-electron chi connectivity index (χ0n) is 46.2. The molecule has 0 spiro atoms. The molecular weight excluding hydrogens is 984 g/mol. The molecule has 2 heterocycles. The van der Waals surface area contributed by atoms with Crippen LogP contribution in [0.1, 0.15) is 112 Å². The summed E-state index contributed by atoms with van der Waals surface area (Å²) in [6.07, 6.45) is -2.64. The van der Waals surface area contributed by atoms with Crippen LogP contribution in [0, 0.1) is 23.7 Å². The van der Waals surface area contributed by atoms with Gasteiger partial charge in [0, 0.05) is 47.2 Å². The zero-order valence-corrected chi connectivity index (χ0v) is 46.9. The number of hydrogen-bond donors (Lipinski definition) is 0. The molecule has 0 N–H and O–H groups in total. The van der Waals surface area contributed by atoms with E-state index in [1.807, 2.05) is 67.5 Å². The third-order valence-corrected chi connectivity index (χ3v) is 13.3. The summed E-state index contributed by atoms with van der Waals surface area (Å²) in [5, 5.41) is 4.72. The highest BCUT2D eigenvalue weighted by Crippen LogP contribution is 2.24. The molecule has 1 saturated heterocycles. The molecule has 18 nitrogen and oxygen atoms in total. The number of benzene rings is 2. The van der Waals surface area contributed by atoms with E-state index in [9.17, 15) is 38.4 Å². The maximum atomic E-state index is 14.9. The molecule has 75 heavy (non-hydrogen) atoms. The molecule has 1 fully saturated rings. The first-order chi connectivity index (χ1) is 35.2. The van der Waals surface area contributed by atoms with Crippen LogP contribution in [-0.2, 0) is 76.7 Å². The number of carbonyl (C=O) groups excluding carboxylic acids is 8. The molecule has 19 heteroatoms. The van der Waals surface area contributed by atoms with Crippen molar-refractivity contribution < 1.29 is 57.3 Å². The second-order valence-corrected chi connectivity index (χ2v) is 21.9. The van der Waals surface area contributed by atoms with E-state index in [1.54, 1.807) is 53.3 Å². The molecular formula is C56H79ClN6O12. The van der Waals surface area contributed by atoms with Gasteiger partial charge in [0.1, 0.15) is 24.2 Å². The van der Waals surface area contributed by atoms with E-state index in [0.717, 1.165) is 25.2 Å². The molecule has 1 aromatic heterocycles. The monoisotopic (exact) mass is 1060 g/mol. The van der Waals surface area contributed by atoms with Gasteiger partial charge >= 0.3 is 23.9 Å². The Balaban J connectivity index is 1.85. The van der Waals surface area contributed by atoms with Gasteiger partial charge in [0.2, 0.25) is 0 Å². The van der Waals surface area contributed by atoms with Gasteiger partial charge in [0.15, 0.2) is 24.4 Å². The fourth-order valence-electron chi connectivity index (χ4n) is 8.92. The number of ether oxygens (including phenoxy) is 4. The van der Waals surface area contributed by atoms with Gasteiger partial charge in [-0.2, -0.15) is 5.10 Å². The van der Waals surface area contributed by atoms with Gasteiger partial charge in [-0.05, 0) is 79.9 Å². The molecule has 1 aliphatic heterocycles. The Kier molecular flexibility index (Phi) is 22.9. The van der Waals surface area contributed by atoms with E-state index >= 15 is 0 Å². The largest absolute Gasteiger partial charge is 0.451 e. The van der Waals surface area contributed by atoms with E-state index in [2.05, 4.69) is 5.10 Å². The molecule has 4 amide bonds. The van der Waals surface area contributed by atoms with Gasteiger partial charge < -0.3 is 38.5 Å². The minimum Gasteiger partial charge on any atom is -0.451 e. The molecule has 8 atom stereocenters. The standard InChI is InChI=1S/C56H79ClN6O12/c1-33(2)24-43-53(68)72-38(10)50(65)60(12)46(27-36(7)8)56(71)75-48(29-40-20-22-41(23-21-40)31-63-32-42(57)30-58-63)52(67)62(14)44(25-34(3)4)54(69)73-37(9)49(64)59(11)45(26-35(5)6)55(70)74-47(51(66)61(43)13)28-39-18-16-15-17-19-39/h15-23,30,32-38,43-48H,24-29,31H2,1-14H3/t37-,38-,43+,44+,45+,46+,47-,48-/m1/s1. The third-order valence-electron chi connectivity index (χ3n) is 13.1. The lowest BCUT2D eigenvalue weighted by Gasteiger charge is -2.35. The fraction of sp³-hybridized carbons (Fsp3) is 0.589. The van der Waals surface area contributed by atoms with E-state index < -0.39 is 96.1 Å².